The van der Waals surface area contributed by atoms with Crippen LogP contribution in [0.4, 0.5) is 11.4 Å². The Balaban J connectivity index is 0.654. The van der Waals surface area contributed by atoms with Gasteiger partial charge in [0, 0.05) is 62.1 Å². The summed E-state index contributed by atoms with van der Waals surface area (Å²) >= 11 is 0. The molecule has 0 aromatic heterocycles. The van der Waals surface area contributed by atoms with Gasteiger partial charge in [-0.25, -0.2) is 0 Å². The van der Waals surface area contributed by atoms with Crippen LogP contribution in [0.15, 0.2) is 95.0 Å². The third-order valence-corrected chi connectivity index (χ3v) is 28.8. The normalized spacial score (nSPS) is 21.6. The zero-order valence-electron chi connectivity index (χ0n) is 85.9. The molecule has 35 heteroatoms. The lowest BCUT2D eigenvalue weighted by atomic mass is 9.49. The molecule has 12 N–H and O–H groups in total. The van der Waals surface area contributed by atoms with Crippen molar-refractivity contribution in [3.63, 3.8) is 0 Å². The number of benzene rings is 4. The monoisotopic (exact) mass is 1990 g/mol. The van der Waals surface area contributed by atoms with Crippen molar-refractivity contribution in [2.45, 2.75) is 250 Å². The number of anilines is 2. The summed E-state index contributed by atoms with van der Waals surface area (Å²) in [5.74, 6) is 7.16. The number of nitrogens with two attached hydrogens (primary N) is 1. The van der Waals surface area contributed by atoms with Crippen LogP contribution in [0.3, 0.4) is 0 Å². The Morgan fingerprint density at radius 3 is 1.70 bits per heavy atom. The van der Waals surface area contributed by atoms with E-state index in [1.54, 1.807) is 30.9 Å². The second-order valence-electron chi connectivity index (χ2n) is 40.8. The number of ketones is 1. The van der Waals surface area contributed by atoms with Crippen LogP contribution in [0.5, 0.6) is 5.75 Å². The molecule has 4 aromatic carbocycles. The number of phenolic OH excluding ortho intramolecular Hbond substituents is 1. The van der Waals surface area contributed by atoms with Crippen molar-refractivity contribution in [2.24, 2.45) is 44.5 Å². The lowest BCUT2D eigenvalue weighted by Gasteiger charge is -2.56. The molecule has 1 unspecified atom stereocenters. The van der Waals surface area contributed by atoms with E-state index in [2.05, 4.69) is 94.5 Å². The van der Waals surface area contributed by atoms with Crippen molar-refractivity contribution in [2.75, 3.05) is 176 Å². The van der Waals surface area contributed by atoms with E-state index < -0.39 is 94.5 Å². The van der Waals surface area contributed by atoms with Crippen molar-refractivity contribution >= 4 is 87.7 Å². The maximum Gasteiger partial charge on any atom is 0.249 e. The number of nitrogens with zero attached hydrogens (tertiary/aromatic N) is 4. The van der Waals surface area contributed by atoms with Crippen LogP contribution in [-0.2, 0) is 126 Å². The SMILES string of the molecule is CC(C)[C@H](NC(=O)[C@@H](CCCCNC(=O)COC1CCCCCC(=NCCOCCOCCOCCOCCC(=O)NCC[N+](C)(C)C)C1=NN)NC(=O)CCOCCOCCOCCOCCCC(=O)CCC(=O)N1Cc2ccccc2C#Cc2ccccc21)C(=O)N[C@@H](C)C(=O)N[C@@H](CO)C(=O)Nc1ccc2c(c1)[C@@]1(C)CCC[C@](C)(C(=O)NC(=O)[C@@]3(C)CCC[C@]4(C)c5cc(O)ccc5CC[C@@H]34)[C@@H]1CC2. The smallest absolute Gasteiger partial charge is 0.249 e. The fraction of sp³-hybridized carbons (Fsp3) is 0.639. The number of rotatable bonds is 58. The van der Waals surface area contributed by atoms with Crippen molar-refractivity contribution in [1.82, 2.24) is 37.2 Å². The van der Waals surface area contributed by atoms with Crippen molar-refractivity contribution in [3.8, 4) is 17.6 Å². The highest BCUT2D eigenvalue weighted by molar-refractivity contribution is 6.44. The van der Waals surface area contributed by atoms with Crippen LogP contribution in [0.2, 0.25) is 0 Å². The average Bonchev–Trinajstić information content (AvgIpc) is 0.720. The average molecular weight is 1990 g/mol. The third kappa shape index (κ3) is 34.3. The quantitative estimate of drug-likeness (QED) is 0.00492. The second kappa shape index (κ2) is 57.4. The number of hydrazone groups is 1. The third-order valence-electron chi connectivity index (χ3n) is 28.8. The first-order chi connectivity index (χ1) is 68.7. The Labute approximate surface area is 843 Å². The van der Waals surface area contributed by atoms with E-state index in [1.165, 1.54) is 12.5 Å². The summed E-state index contributed by atoms with van der Waals surface area (Å²) < 4.78 is 52.3. The number of phenols is 1. The number of Topliss-reactive ketones (excluding diaryl/α,β-unsaturated/α-hetero) is 1. The first kappa shape index (κ1) is 114. The molecule has 3 fully saturated rings. The number of hydrogen-bond acceptors (Lipinski definition) is 25. The standard InChI is InChI=1S/C108H157N13O22/c1-74(2)97(102(132)113-75(3)99(129)116-88(72-122)101(131)114-81-37-33-77-35-40-91-105(4,84(77)69-81)45-21-47-107(91,6)103(133)118-104(134)108(7)48-22-46-106(5)85-70-83(124)38-34-78(85)36-41-92(106)108)117-100(130)87(115-94(126)44-55-137-59-63-141-66-65-139-61-57-135-53-20-26-82(123)39-42-96(128)120-71-80-25-15-14-23-76(80)31-32-79-24-16-17-29-89(79)120)28-18-19-49-111-95(127)73-143-90-30-13-11-12-27-86(98(90)119-109)110-51-56-138-60-64-142-68-67-140-62-58-136-54-43-93(125)112-50-52-121(8,9)10/h14-17,23-25,29,33-34,37-38,69-70,74-75,87-88,90-92,97,122H,11-13,18-22,26-28,30,35-36,39-68,71-73H2,1-10H3,(H10-,109,110,111,112,113,114,115,116,117,118,124,125,126,127,129,130,131,132,133,134)/p+1/t75-,87+,88-,90?,91+,92+,97-,105+,106+,107-,108-/m0/s1. The number of nitrogens with one attached hydrogen (secondary N) is 8. The summed E-state index contributed by atoms with van der Waals surface area (Å²) in [6, 6.07) is 21.2. The minimum absolute atomic E-state index is 0.0228. The topological polar surface area (TPSA) is 462 Å². The van der Waals surface area contributed by atoms with Crippen molar-refractivity contribution < 1.29 is 110 Å². The number of unbranched alkanes of at least 4 members (excludes halogenated alkanes) is 1. The molecule has 1 aliphatic heterocycles. The molecule has 143 heavy (non-hydrogen) atoms. The number of para-hydroxylation sites is 1. The van der Waals surface area contributed by atoms with Crippen LogP contribution in [0.1, 0.15) is 229 Å². The van der Waals surface area contributed by atoms with E-state index in [0.717, 1.165) is 101 Å². The van der Waals surface area contributed by atoms with Gasteiger partial charge in [-0.1, -0.05) is 122 Å². The van der Waals surface area contributed by atoms with Gasteiger partial charge >= 0.3 is 0 Å². The molecule has 35 nitrogen and oxygen atoms in total. The van der Waals surface area contributed by atoms with E-state index in [9.17, 15) is 63.0 Å². The van der Waals surface area contributed by atoms with Gasteiger partial charge in [-0.05, 0) is 202 Å². The molecule has 11 atom stereocenters. The molecule has 6 aliphatic rings. The van der Waals surface area contributed by atoms with Gasteiger partial charge in [0.25, 0.3) is 0 Å². The fourth-order valence-electron chi connectivity index (χ4n) is 20.8. The number of aryl methyl sites for hydroxylation is 2. The molecule has 786 valence electrons. The number of amides is 10. The molecule has 5 aliphatic carbocycles. The van der Waals surface area contributed by atoms with Gasteiger partial charge < -0.3 is 105 Å². The largest absolute Gasteiger partial charge is 0.508 e. The zero-order valence-corrected chi connectivity index (χ0v) is 85.9. The number of aromatic hydroxyl groups is 1. The van der Waals surface area contributed by atoms with Crippen LogP contribution < -0.4 is 53.3 Å². The Morgan fingerprint density at radius 2 is 1.08 bits per heavy atom. The molecule has 3 saturated carbocycles. The Morgan fingerprint density at radius 1 is 0.517 bits per heavy atom. The lowest BCUT2D eigenvalue weighted by Crippen LogP contribution is -2.60. The highest BCUT2D eigenvalue weighted by Gasteiger charge is 2.59. The minimum atomic E-state index is -1.48. The summed E-state index contributed by atoms with van der Waals surface area (Å²) in [5, 5.41) is 47.9. The lowest BCUT2D eigenvalue weighted by molar-refractivity contribution is -0.869. The molecule has 0 radical (unpaired) electrons. The number of carbonyl (C=O) groups excluding carboxylic acids is 11. The molecular weight excluding hydrogens is 1830 g/mol. The summed E-state index contributed by atoms with van der Waals surface area (Å²) in [7, 11) is 6.21. The molecular formula is C108H158N13O22+. The molecule has 0 saturated heterocycles. The van der Waals surface area contributed by atoms with E-state index in [4.69, 9.17) is 53.5 Å². The van der Waals surface area contributed by atoms with Crippen LogP contribution in [0.25, 0.3) is 0 Å². The maximum absolute atomic E-state index is 15.0. The Hall–Kier alpha value is -10.5. The summed E-state index contributed by atoms with van der Waals surface area (Å²) in [6.07, 6.45) is 12.3. The predicted molar refractivity (Wildman–Crippen MR) is 543 cm³/mol. The van der Waals surface area contributed by atoms with Crippen LogP contribution in [-0.4, -0.2) is 287 Å². The highest BCUT2D eigenvalue weighted by atomic mass is 16.6. The van der Waals surface area contributed by atoms with Gasteiger partial charge in [-0.15, -0.1) is 0 Å². The zero-order chi connectivity index (χ0) is 103. The number of likely N-dealkylation sites (N-methyl/N-ethyl adjacent to an activating group) is 1. The van der Waals surface area contributed by atoms with Crippen LogP contribution in [0, 0.1) is 40.4 Å². The number of aliphatic imine (C=N–C) groups is 1. The Bertz CT molecular complexity index is 5030. The van der Waals surface area contributed by atoms with E-state index >= 15 is 0 Å². The molecule has 0 bridgehead atoms. The number of aliphatic hydroxyl groups is 1. The van der Waals surface area contributed by atoms with Gasteiger partial charge in [0.2, 0.25) is 59.1 Å². The van der Waals surface area contributed by atoms with E-state index in [0.29, 0.717) is 180 Å². The number of aliphatic hydroxyl groups excluding tert-OH is 1. The van der Waals surface area contributed by atoms with Gasteiger partial charge in [0.05, 0.1) is 175 Å². The summed E-state index contributed by atoms with van der Waals surface area (Å²) in [5.41, 5.74) is 6.50. The first-order valence-corrected chi connectivity index (χ1v) is 51.5. The predicted octanol–water partition coefficient (Wildman–Crippen LogP) is 8.50. The van der Waals surface area contributed by atoms with E-state index in [-0.39, 0.29) is 131 Å². The number of hydrogen-bond donors (Lipinski definition) is 11. The van der Waals surface area contributed by atoms with Gasteiger partial charge in [0.1, 0.15) is 54.1 Å². The summed E-state index contributed by atoms with van der Waals surface area (Å²) in [6.45, 7) is 19.0. The molecule has 10 amide bonds. The van der Waals surface area contributed by atoms with Gasteiger partial charge in [-0.2, -0.15) is 5.10 Å². The number of ether oxygens (including phenoxy) is 9. The van der Waals surface area contributed by atoms with Crippen molar-refractivity contribution in [3.05, 3.63) is 124 Å². The molecule has 4 aromatic rings. The number of fused-ring (bicyclic) bond motifs is 8. The number of quaternary nitrogens is 1. The fourth-order valence-corrected chi connectivity index (χ4v) is 20.8. The highest BCUT2D eigenvalue weighted by Crippen LogP contribution is 2.60. The Kier molecular flexibility index (Phi) is 46.0. The van der Waals surface area contributed by atoms with E-state index in [1.807, 2.05) is 86.6 Å². The number of carbonyl (C=O) groups is 11. The van der Waals surface area contributed by atoms with Gasteiger partial charge in [0.15, 0.2) is 0 Å². The summed E-state index contributed by atoms with van der Waals surface area (Å²) in [4.78, 5) is 159. The first-order valence-electron chi connectivity index (χ1n) is 51.5. The maximum atomic E-state index is 15.0. The van der Waals surface area contributed by atoms with Crippen LogP contribution >= 0.6 is 0 Å². The second-order valence-corrected chi connectivity index (χ2v) is 40.8. The van der Waals surface area contributed by atoms with Crippen molar-refractivity contribution in [1.29, 1.82) is 0 Å². The molecule has 0 spiro atoms. The molecule has 10 rings (SSSR count). The molecule has 1 heterocycles. The number of imide groups is 1. The minimum Gasteiger partial charge on any atom is -0.508 e. The van der Waals surface area contributed by atoms with Gasteiger partial charge in [-0.3, -0.25) is 63.0 Å².